The Morgan fingerprint density at radius 2 is 1.85 bits per heavy atom. The Morgan fingerprint density at radius 1 is 1.19 bits per heavy atom. The van der Waals surface area contributed by atoms with Crippen molar-refractivity contribution in [2.75, 3.05) is 38.2 Å². The minimum Gasteiger partial charge on any atom is -0.495 e. The number of para-hydroxylation sites is 2. The largest absolute Gasteiger partial charge is 0.495 e. The number of nitrogens with zero attached hydrogens (tertiary/aromatic N) is 1. The van der Waals surface area contributed by atoms with Gasteiger partial charge in [0.1, 0.15) is 5.75 Å². The Kier molecular flexibility index (Phi) is 6.55. The first-order valence-electron chi connectivity index (χ1n) is 9.92. The van der Waals surface area contributed by atoms with Gasteiger partial charge >= 0.3 is 6.03 Å². The van der Waals surface area contributed by atoms with Gasteiger partial charge in [0.15, 0.2) is 6.04 Å². The quantitative estimate of drug-likeness (QED) is 0.703. The van der Waals surface area contributed by atoms with Crippen molar-refractivity contribution in [3.8, 4) is 5.75 Å². The number of imide groups is 1. The van der Waals surface area contributed by atoms with Gasteiger partial charge in [-0.1, -0.05) is 25.0 Å². The zero-order valence-electron chi connectivity index (χ0n) is 16.3. The molecule has 7 nitrogen and oxygen atoms in total. The molecule has 1 aromatic carbocycles. The van der Waals surface area contributed by atoms with Gasteiger partial charge < -0.3 is 19.9 Å². The number of hydrogen-bond donors (Lipinski definition) is 3. The van der Waals surface area contributed by atoms with E-state index in [0.29, 0.717) is 0 Å². The van der Waals surface area contributed by atoms with Crippen molar-refractivity contribution in [2.24, 2.45) is 0 Å². The zero-order valence-corrected chi connectivity index (χ0v) is 16.3. The summed E-state index contributed by atoms with van der Waals surface area (Å²) < 4.78 is 5.45. The van der Waals surface area contributed by atoms with E-state index in [4.69, 9.17) is 4.74 Å². The third-order valence-electron chi connectivity index (χ3n) is 5.76. The Hall–Kier alpha value is -2.28. The summed E-state index contributed by atoms with van der Waals surface area (Å²) in [6.07, 6.45) is 4.31. The van der Waals surface area contributed by atoms with Crippen LogP contribution < -0.4 is 25.2 Å². The lowest BCUT2D eigenvalue weighted by Crippen LogP contribution is -3.19. The van der Waals surface area contributed by atoms with Crippen molar-refractivity contribution < 1.29 is 19.2 Å². The van der Waals surface area contributed by atoms with Crippen LogP contribution in [0.5, 0.6) is 5.75 Å². The van der Waals surface area contributed by atoms with E-state index >= 15 is 0 Å². The third kappa shape index (κ3) is 4.91. The topological polar surface area (TPSA) is 75.1 Å². The van der Waals surface area contributed by atoms with E-state index in [9.17, 15) is 9.59 Å². The first-order chi connectivity index (χ1) is 13.1. The van der Waals surface area contributed by atoms with Crippen molar-refractivity contribution in [1.29, 1.82) is 0 Å². The summed E-state index contributed by atoms with van der Waals surface area (Å²) in [7, 11) is 1.68. The molecule has 3 rings (SSSR count). The van der Waals surface area contributed by atoms with Gasteiger partial charge in [0.2, 0.25) is 0 Å². The number of piperazine rings is 1. The lowest BCUT2D eigenvalue weighted by Gasteiger charge is -2.36. The van der Waals surface area contributed by atoms with Crippen molar-refractivity contribution in [3.05, 3.63) is 24.3 Å². The number of methoxy groups -OCH3 is 1. The highest BCUT2D eigenvalue weighted by Gasteiger charge is 2.31. The Balaban J connectivity index is 1.48. The van der Waals surface area contributed by atoms with Crippen molar-refractivity contribution in [1.82, 2.24) is 10.6 Å². The van der Waals surface area contributed by atoms with E-state index in [1.807, 2.05) is 25.1 Å². The summed E-state index contributed by atoms with van der Waals surface area (Å²) in [6, 6.07) is 7.61. The van der Waals surface area contributed by atoms with Crippen LogP contribution in [0, 0.1) is 0 Å². The summed E-state index contributed by atoms with van der Waals surface area (Å²) >= 11 is 0. The van der Waals surface area contributed by atoms with Crippen LogP contribution in [0.2, 0.25) is 0 Å². The highest BCUT2D eigenvalue weighted by molar-refractivity contribution is 5.96. The van der Waals surface area contributed by atoms with E-state index in [-0.39, 0.29) is 24.0 Å². The molecule has 1 aliphatic heterocycles. The van der Waals surface area contributed by atoms with E-state index in [0.717, 1.165) is 63.3 Å². The number of ether oxygens (including phenoxy) is 1. The molecule has 0 bridgehead atoms. The second-order valence-electron chi connectivity index (χ2n) is 7.48. The van der Waals surface area contributed by atoms with Crippen molar-refractivity contribution >= 4 is 17.6 Å². The van der Waals surface area contributed by atoms with Crippen LogP contribution >= 0.6 is 0 Å². The molecule has 1 heterocycles. The normalized spacial score (nSPS) is 19.6. The summed E-state index contributed by atoms with van der Waals surface area (Å²) in [5, 5.41) is 5.43. The number of quaternary nitrogens is 1. The first kappa shape index (κ1) is 19.5. The molecule has 2 fully saturated rings. The van der Waals surface area contributed by atoms with Gasteiger partial charge in [0, 0.05) is 6.04 Å². The van der Waals surface area contributed by atoms with Gasteiger partial charge in [-0.2, -0.15) is 0 Å². The Morgan fingerprint density at radius 3 is 2.52 bits per heavy atom. The SMILES string of the molecule is COc1ccccc1N1CC[NH+]([C@@H](C)C(=O)NC(=O)NC2CCCC2)CC1. The number of hydrogen-bond acceptors (Lipinski definition) is 4. The average Bonchev–Trinajstić information content (AvgIpc) is 3.20. The maximum Gasteiger partial charge on any atom is 0.321 e. The van der Waals surface area contributed by atoms with Crippen LogP contribution in [0.3, 0.4) is 0 Å². The van der Waals surface area contributed by atoms with Gasteiger partial charge in [-0.05, 0) is 31.9 Å². The number of amides is 3. The molecular formula is C20H31N4O3+. The molecule has 1 saturated heterocycles. The summed E-state index contributed by atoms with van der Waals surface area (Å²) in [4.78, 5) is 28.0. The smallest absolute Gasteiger partial charge is 0.321 e. The van der Waals surface area contributed by atoms with Crippen LogP contribution in [-0.4, -0.2) is 57.3 Å². The molecule has 1 atom stereocenters. The monoisotopic (exact) mass is 375 g/mol. The number of rotatable bonds is 5. The van der Waals surface area contributed by atoms with Gasteiger partial charge in [0.25, 0.3) is 5.91 Å². The maximum absolute atomic E-state index is 12.5. The van der Waals surface area contributed by atoms with E-state index < -0.39 is 0 Å². The summed E-state index contributed by atoms with van der Waals surface area (Å²) in [5.41, 5.74) is 1.09. The molecule has 1 aromatic rings. The Bertz CT molecular complexity index is 652. The number of anilines is 1. The summed E-state index contributed by atoms with van der Waals surface area (Å²) in [6.45, 7) is 5.28. The molecule has 0 unspecified atom stereocenters. The van der Waals surface area contributed by atoms with Crippen LogP contribution in [-0.2, 0) is 4.79 Å². The predicted molar refractivity (Wildman–Crippen MR) is 104 cm³/mol. The minimum atomic E-state index is -0.356. The number of urea groups is 1. The third-order valence-corrected chi connectivity index (χ3v) is 5.76. The summed E-state index contributed by atoms with van der Waals surface area (Å²) in [5.74, 6) is 0.668. The van der Waals surface area contributed by atoms with Crippen molar-refractivity contribution in [3.63, 3.8) is 0 Å². The minimum absolute atomic E-state index is 0.203. The molecule has 3 amide bonds. The van der Waals surface area contributed by atoms with Crippen molar-refractivity contribution in [2.45, 2.75) is 44.7 Å². The molecule has 7 heteroatoms. The molecular weight excluding hydrogens is 344 g/mol. The van der Waals surface area contributed by atoms with Gasteiger partial charge in [-0.25, -0.2) is 4.79 Å². The van der Waals surface area contributed by atoms with E-state index in [2.05, 4.69) is 21.6 Å². The lowest BCUT2D eigenvalue weighted by molar-refractivity contribution is -0.914. The molecule has 1 aliphatic carbocycles. The van der Waals surface area contributed by atoms with Crippen LogP contribution in [0.15, 0.2) is 24.3 Å². The average molecular weight is 375 g/mol. The molecule has 148 valence electrons. The van der Waals surface area contributed by atoms with Crippen LogP contribution in [0.1, 0.15) is 32.6 Å². The highest BCUT2D eigenvalue weighted by Crippen LogP contribution is 2.27. The maximum atomic E-state index is 12.5. The highest BCUT2D eigenvalue weighted by atomic mass is 16.5. The molecule has 0 radical (unpaired) electrons. The van der Waals surface area contributed by atoms with Gasteiger partial charge in [-0.3, -0.25) is 10.1 Å². The fourth-order valence-corrected chi connectivity index (χ4v) is 4.06. The van der Waals surface area contributed by atoms with Gasteiger partial charge in [0.05, 0.1) is 39.0 Å². The molecule has 3 N–H and O–H groups in total. The number of carbonyl (C=O) groups is 2. The van der Waals surface area contributed by atoms with E-state index in [1.54, 1.807) is 7.11 Å². The second kappa shape index (κ2) is 9.08. The first-order valence-corrected chi connectivity index (χ1v) is 9.92. The number of benzene rings is 1. The number of carbonyl (C=O) groups excluding carboxylic acids is 2. The molecule has 27 heavy (non-hydrogen) atoms. The predicted octanol–water partition coefficient (Wildman–Crippen LogP) is 0.557. The second-order valence-corrected chi connectivity index (χ2v) is 7.48. The standard InChI is InChI=1S/C20H30N4O3/c1-15(19(25)22-20(26)21-16-7-3-4-8-16)23-11-13-24(14-12-23)17-9-5-6-10-18(17)27-2/h5-6,9-10,15-16H,3-4,7-8,11-14H2,1-2H3,(H2,21,22,25,26)/p+1/t15-/m0/s1. The van der Waals surface area contributed by atoms with E-state index in [1.165, 1.54) is 4.90 Å². The molecule has 2 aliphatic rings. The van der Waals surface area contributed by atoms with Gasteiger partial charge in [-0.15, -0.1) is 0 Å². The van der Waals surface area contributed by atoms with Crippen LogP contribution in [0.4, 0.5) is 10.5 Å². The molecule has 1 saturated carbocycles. The fourth-order valence-electron chi connectivity index (χ4n) is 4.06. The Labute approximate surface area is 161 Å². The van der Waals surface area contributed by atoms with Crippen LogP contribution in [0.25, 0.3) is 0 Å². The fraction of sp³-hybridized carbons (Fsp3) is 0.600. The zero-order chi connectivity index (χ0) is 19.2. The number of nitrogens with one attached hydrogen (secondary N) is 3. The lowest BCUT2D eigenvalue weighted by atomic mass is 10.2. The molecule has 0 spiro atoms. The molecule has 0 aromatic heterocycles.